The fourth-order valence-corrected chi connectivity index (χ4v) is 6.01. The van der Waals surface area contributed by atoms with E-state index in [9.17, 15) is 39.9 Å². The van der Waals surface area contributed by atoms with E-state index in [0.717, 1.165) is 0 Å². The molecule has 9 unspecified atom stereocenters. The van der Waals surface area contributed by atoms with Gasteiger partial charge in [0.1, 0.15) is 30.2 Å². The van der Waals surface area contributed by atoms with Gasteiger partial charge in [0.2, 0.25) is 0 Å². The highest BCUT2D eigenvalue weighted by molar-refractivity contribution is 6.09. The summed E-state index contributed by atoms with van der Waals surface area (Å²) in [6.45, 7) is 4.55. The van der Waals surface area contributed by atoms with Crippen LogP contribution in [-0.4, -0.2) is 99.4 Å². The van der Waals surface area contributed by atoms with Crippen molar-refractivity contribution in [3.63, 3.8) is 0 Å². The first-order chi connectivity index (χ1) is 19.5. The van der Waals surface area contributed by atoms with Crippen molar-refractivity contribution in [3.8, 4) is 5.75 Å². The van der Waals surface area contributed by atoms with Gasteiger partial charge in [-0.2, -0.15) is 0 Å². The third kappa shape index (κ3) is 5.46. The lowest BCUT2D eigenvalue weighted by atomic mass is 9.82. The zero-order chi connectivity index (χ0) is 29.6. The predicted octanol–water partition coefficient (Wildman–Crippen LogP) is -0.394. The average Bonchev–Trinajstić information content (AvgIpc) is 3.38. The zero-order valence-corrected chi connectivity index (χ0v) is 22.2. The van der Waals surface area contributed by atoms with Crippen molar-refractivity contribution < 1.29 is 58.9 Å². The number of phenolic OH excluding ortho intramolecular Hbond substituents is 1. The van der Waals surface area contributed by atoms with Crippen molar-refractivity contribution in [1.29, 1.82) is 0 Å². The largest absolute Gasteiger partial charge is 0.508 e. The summed E-state index contributed by atoms with van der Waals surface area (Å²) in [5, 5.41) is 51.1. The Kier molecular flexibility index (Phi) is 8.15. The second kappa shape index (κ2) is 11.5. The first-order valence-electron chi connectivity index (χ1n) is 13.2. The number of rotatable bonds is 7. The van der Waals surface area contributed by atoms with Gasteiger partial charge in [-0.3, -0.25) is 9.59 Å². The number of esters is 2. The third-order valence-electron chi connectivity index (χ3n) is 8.06. The van der Waals surface area contributed by atoms with Gasteiger partial charge in [0.25, 0.3) is 0 Å². The molecular formula is C29H32O12. The number of allylic oxidation sites excluding steroid dienone is 1. The van der Waals surface area contributed by atoms with Crippen LogP contribution >= 0.6 is 0 Å². The standard InChI is InChI=1S/C29H32O12/c1-12-7-17(32)22-13(2)28(37)41-26(22)23-15(9-18(33)21(12)23)11-38-29-27(25(36)24(35)19(10-30)39-29)40-20(34)8-14-3-5-16(31)6-4-14/h3-6,9,17,19,22-27,29-32,35-36H,2,7-8,10-11H2,1H3. The summed E-state index contributed by atoms with van der Waals surface area (Å²) in [4.78, 5) is 38.1. The molecule has 1 aromatic carbocycles. The van der Waals surface area contributed by atoms with Crippen LogP contribution in [0.5, 0.6) is 5.75 Å². The molecule has 2 aliphatic carbocycles. The van der Waals surface area contributed by atoms with Crippen molar-refractivity contribution >= 4 is 17.7 Å². The Balaban J connectivity index is 1.36. The zero-order valence-electron chi connectivity index (χ0n) is 22.2. The Morgan fingerprint density at radius 1 is 1.12 bits per heavy atom. The van der Waals surface area contributed by atoms with Gasteiger partial charge >= 0.3 is 11.9 Å². The number of aliphatic hydroxyl groups excluding tert-OH is 4. The van der Waals surface area contributed by atoms with Crippen LogP contribution in [0.1, 0.15) is 18.9 Å². The Bertz CT molecular complexity index is 1300. The van der Waals surface area contributed by atoms with E-state index < -0.39 is 73.3 Å². The van der Waals surface area contributed by atoms with E-state index in [2.05, 4.69) is 6.58 Å². The fourth-order valence-electron chi connectivity index (χ4n) is 6.01. The number of ether oxygens (including phenoxy) is 4. The lowest BCUT2D eigenvalue weighted by molar-refractivity contribution is -0.302. The summed E-state index contributed by atoms with van der Waals surface area (Å²) in [5.74, 6) is -3.20. The van der Waals surface area contributed by atoms with Crippen LogP contribution in [0, 0.1) is 11.8 Å². The molecule has 2 fully saturated rings. The van der Waals surface area contributed by atoms with Gasteiger partial charge in [-0.15, -0.1) is 0 Å². The van der Waals surface area contributed by atoms with Gasteiger partial charge in [-0.25, -0.2) is 4.79 Å². The van der Waals surface area contributed by atoms with Crippen molar-refractivity contribution in [3.05, 3.63) is 64.8 Å². The molecule has 2 aliphatic heterocycles. The van der Waals surface area contributed by atoms with Crippen LogP contribution in [-0.2, 0) is 39.8 Å². The monoisotopic (exact) mass is 572 g/mol. The number of phenols is 1. The molecule has 12 nitrogen and oxygen atoms in total. The third-order valence-corrected chi connectivity index (χ3v) is 8.06. The highest BCUT2D eigenvalue weighted by atomic mass is 16.7. The van der Waals surface area contributed by atoms with Gasteiger partial charge in [0.05, 0.1) is 31.7 Å². The summed E-state index contributed by atoms with van der Waals surface area (Å²) in [7, 11) is 0. The molecule has 0 radical (unpaired) electrons. The van der Waals surface area contributed by atoms with E-state index in [0.29, 0.717) is 22.3 Å². The van der Waals surface area contributed by atoms with E-state index >= 15 is 0 Å². The molecule has 9 atom stereocenters. The van der Waals surface area contributed by atoms with Gasteiger partial charge in [-0.1, -0.05) is 24.3 Å². The molecule has 1 aromatic rings. The molecule has 41 heavy (non-hydrogen) atoms. The SMILES string of the molecule is C=C1C(=O)OC2C3C(COC4OC(CO)C(O)C(O)C4OC(=O)Cc4ccc(O)cc4)=CC(=O)C3=C(C)CC(O)C12. The van der Waals surface area contributed by atoms with Crippen LogP contribution in [0.15, 0.2) is 59.2 Å². The quantitative estimate of drug-likeness (QED) is 0.210. The molecule has 5 N–H and O–H groups in total. The molecule has 12 heteroatoms. The number of aliphatic hydroxyl groups is 4. The fraction of sp³-hybridized carbons (Fsp3) is 0.483. The summed E-state index contributed by atoms with van der Waals surface area (Å²) in [6, 6.07) is 5.84. The maximum Gasteiger partial charge on any atom is 0.334 e. The summed E-state index contributed by atoms with van der Waals surface area (Å²) in [5.41, 5.74) is 2.09. The Morgan fingerprint density at radius 2 is 1.83 bits per heavy atom. The van der Waals surface area contributed by atoms with E-state index in [-0.39, 0.29) is 36.6 Å². The summed E-state index contributed by atoms with van der Waals surface area (Å²) in [6.07, 6.45) is -8.05. The minimum Gasteiger partial charge on any atom is -0.508 e. The molecule has 0 spiro atoms. The van der Waals surface area contributed by atoms with E-state index in [4.69, 9.17) is 18.9 Å². The van der Waals surface area contributed by atoms with Gasteiger partial charge in [-0.05, 0) is 42.7 Å². The topological polar surface area (TPSA) is 189 Å². The number of ketones is 1. The summed E-state index contributed by atoms with van der Waals surface area (Å²) >= 11 is 0. The first kappa shape index (κ1) is 29.1. The van der Waals surface area contributed by atoms with E-state index in [1.807, 2.05) is 0 Å². The molecule has 220 valence electrons. The second-order valence-electron chi connectivity index (χ2n) is 10.8. The van der Waals surface area contributed by atoms with Crippen LogP contribution in [0.2, 0.25) is 0 Å². The first-order valence-corrected chi connectivity index (χ1v) is 13.2. The number of fused-ring (bicyclic) bond motifs is 3. The van der Waals surface area contributed by atoms with Crippen LogP contribution in [0.25, 0.3) is 0 Å². The normalized spacial score (nSPS) is 35.0. The van der Waals surface area contributed by atoms with E-state index in [1.165, 1.54) is 30.3 Å². The van der Waals surface area contributed by atoms with Crippen molar-refractivity contribution in [2.24, 2.45) is 11.8 Å². The predicted molar refractivity (Wildman–Crippen MR) is 138 cm³/mol. The Morgan fingerprint density at radius 3 is 2.51 bits per heavy atom. The Labute approximate surface area is 235 Å². The number of benzene rings is 1. The average molecular weight is 573 g/mol. The number of aromatic hydroxyl groups is 1. The molecule has 0 saturated carbocycles. The van der Waals surface area contributed by atoms with Gasteiger partial charge in [0.15, 0.2) is 18.2 Å². The molecule has 0 aromatic heterocycles. The molecule has 4 aliphatic rings. The van der Waals surface area contributed by atoms with Crippen LogP contribution < -0.4 is 0 Å². The highest BCUT2D eigenvalue weighted by Crippen LogP contribution is 2.47. The molecule has 2 saturated heterocycles. The van der Waals surface area contributed by atoms with Crippen molar-refractivity contribution in [2.75, 3.05) is 13.2 Å². The molecule has 0 bridgehead atoms. The Hall–Kier alpha value is -3.39. The van der Waals surface area contributed by atoms with Gasteiger partial charge < -0.3 is 44.5 Å². The maximum atomic E-state index is 13.0. The van der Waals surface area contributed by atoms with Crippen molar-refractivity contribution in [2.45, 2.75) is 62.7 Å². The lowest BCUT2D eigenvalue weighted by Crippen LogP contribution is -2.60. The van der Waals surface area contributed by atoms with Crippen LogP contribution in [0.4, 0.5) is 0 Å². The number of hydrogen-bond acceptors (Lipinski definition) is 12. The van der Waals surface area contributed by atoms with E-state index in [1.54, 1.807) is 6.92 Å². The second-order valence-corrected chi connectivity index (χ2v) is 10.8. The van der Waals surface area contributed by atoms with Crippen molar-refractivity contribution in [1.82, 2.24) is 0 Å². The minimum absolute atomic E-state index is 0.0175. The highest BCUT2D eigenvalue weighted by Gasteiger charge is 2.54. The molecule has 0 amide bonds. The number of carbonyl (C=O) groups is 3. The van der Waals surface area contributed by atoms with Gasteiger partial charge in [0, 0.05) is 17.1 Å². The number of carbonyl (C=O) groups excluding carboxylic acids is 3. The molecule has 5 rings (SSSR count). The molecule has 2 heterocycles. The minimum atomic E-state index is -1.68. The maximum absolute atomic E-state index is 13.0. The lowest BCUT2D eigenvalue weighted by Gasteiger charge is -2.41. The number of hydrogen-bond donors (Lipinski definition) is 5. The molecular weight excluding hydrogens is 540 g/mol. The summed E-state index contributed by atoms with van der Waals surface area (Å²) < 4.78 is 22.6. The van der Waals surface area contributed by atoms with Crippen LogP contribution in [0.3, 0.4) is 0 Å². The smallest absolute Gasteiger partial charge is 0.334 e.